The highest BCUT2D eigenvalue weighted by Crippen LogP contribution is 2.27. The minimum absolute atomic E-state index is 0.110. The zero-order chi connectivity index (χ0) is 12.7. The molecule has 0 aliphatic carbocycles. The average Bonchev–Trinajstić information content (AvgIpc) is 2.88. The van der Waals surface area contributed by atoms with E-state index in [2.05, 4.69) is 31.1 Å². The molecule has 1 aliphatic heterocycles. The van der Waals surface area contributed by atoms with Crippen LogP contribution < -0.4 is 11.3 Å². The van der Waals surface area contributed by atoms with Gasteiger partial charge in [-0.15, -0.1) is 0 Å². The SMILES string of the molecule is CCCOCC(NN)C(C)(CC)N1CCCC1. The lowest BCUT2D eigenvalue weighted by Gasteiger charge is -2.44. The van der Waals surface area contributed by atoms with Crippen LogP contribution in [0.25, 0.3) is 0 Å². The van der Waals surface area contributed by atoms with Gasteiger partial charge >= 0.3 is 0 Å². The molecule has 0 spiro atoms. The van der Waals surface area contributed by atoms with Gasteiger partial charge in [-0.1, -0.05) is 13.8 Å². The van der Waals surface area contributed by atoms with Crippen molar-refractivity contribution in [3.05, 3.63) is 0 Å². The number of nitrogens with one attached hydrogen (secondary N) is 1. The van der Waals surface area contributed by atoms with Crippen molar-refractivity contribution in [2.24, 2.45) is 5.84 Å². The molecule has 0 bridgehead atoms. The van der Waals surface area contributed by atoms with Gasteiger partial charge in [0.1, 0.15) is 0 Å². The van der Waals surface area contributed by atoms with Gasteiger partial charge in [0.05, 0.1) is 12.6 Å². The summed E-state index contributed by atoms with van der Waals surface area (Å²) in [6.07, 6.45) is 4.77. The van der Waals surface area contributed by atoms with E-state index in [0.717, 1.165) is 19.4 Å². The van der Waals surface area contributed by atoms with E-state index in [1.54, 1.807) is 0 Å². The minimum Gasteiger partial charge on any atom is -0.380 e. The third-order valence-electron chi connectivity index (χ3n) is 4.13. The lowest BCUT2D eigenvalue weighted by molar-refractivity contribution is 0.0243. The van der Waals surface area contributed by atoms with E-state index >= 15 is 0 Å². The average molecular weight is 243 g/mol. The Bertz CT molecular complexity index is 207. The molecule has 1 aliphatic rings. The van der Waals surface area contributed by atoms with Crippen molar-refractivity contribution in [2.75, 3.05) is 26.3 Å². The van der Waals surface area contributed by atoms with Crippen molar-refractivity contribution in [1.82, 2.24) is 10.3 Å². The van der Waals surface area contributed by atoms with Crippen LogP contribution in [0.4, 0.5) is 0 Å². The Balaban J connectivity index is 2.59. The molecule has 1 rings (SSSR count). The molecule has 0 radical (unpaired) electrons. The molecule has 0 aromatic rings. The first-order chi connectivity index (χ1) is 8.19. The predicted molar refractivity (Wildman–Crippen MR) is 71.7 cm³/mol. The van der Waals surface area contributed by atoms with E-state index in [4.69, 9.17) is 10.6 Å². The van der Waals surface area contributed by atoms with Crippen LogP contribution in [0.5, 0.6) is 0 Å². The summed E-state index contributed by atoms with van der Waals surface area (Å²) >= 11 is 0. The number of rotatable bonds is 8. The number of likely N-dealkylation sites (tertiary alicyclic amines) is 1. The summed E-state index contributed by atoms with van der Waals surface area (Å²) < 4.78 is 5.67. The molecular weight excluding hydrogens is 214 g/mol. The van der Waals surface area contributed by atoms with Crippen molar-refractivity contribution in [3.8, 4) is 0 Å². The van der Waals surface area contributed by atoms with Crippen molar-refractivity contribution >= 4 is 0 Å². The van der Waals surface area contributed by atoms with Gasteiger partial charge in [-0.2, -0.15) is 0 Å². The van der Waals surface area contributed by atoms with Crippen molar-refractivity contribution in [3.63, 3.8) is 0 Å². The molecule has 0 aromatic heterocycles. The lowest BCUT2D eigenvalue weighted by Crippen LogP contribution is -2.62. The molecule has 17 heavy (non-hydrogen) atoms. The molecule has 3 N–H and O–H groups in total. The van der Waals surface area contributed by atoms with E-state index in [-0.39, 0.29) is 11.6 Å². The number of ether oxygens (including phenoxy) is 1. The molecule has 0 saturated carbocycles. The topological polar surface area (TPSA) is 50.5 Å². The van der Waals surface area contributed by atoms with Crippen molar-refractivity contribution in [1.29, 1.82) is 0 Å². The van der Waals surface area contributed by atoms with Crippen LogP contribution in [0.15, 0.2) is 0 Å². The van der Waals surface area contributed by atoms with Crippen LogP contribution >= 0.6 is 0 Å². The van der Waals surface area contributed by atoms with E-state index < -0.39 is 0 Å². The quantitative estimate of drug-likeness (QED) is 0.385. The lowest BCUT2D eigenvalue weighted by atomic mass is 9.88. The maximum Gasteiger partial charge on any atom is 0.0651 e. The molecule has 0 amide bonds. The maximum absolute atomic E-state index is 5.73. The van der Waals surface area contributed by atoms with E-state index in [1.807, 2.05) is 0 Å². The first-order valence-corrected chi connectivity index (χ1v) is 6.98. The Labute approximate surface area is 106 Å². The summed E-state index contributed by atoms with van der Waals surface area (Å²) in [6, 6.07) is 0.206. The van der Waals surface area contributed by atoms with Crippen molar-refractivity contribution in [2.45, 2.75) is 58.0 Å². The highest BCUT2D eigenvalue weighted by Gasteiger charge is 2.38. The van der Waals surface area contributed by atoms with Gasteiger partial charge in [0, 0.05) is 12.1 Å². The first-order valence-electron chi connectivity index (χ1n) is 6.98. The van der Waals surface area contributed by atoms with Crippen molar-refractivity contribution < 1.29 is 4.74 Å². The number of nitrogens with two attached hydrogens (primary N) is 1. The highest BCUT2D eigenvalue weighted by atomic mass is 16.5. The Morgan fingerprint density at radius 1 is 1.35 bits per heavy atom. The Kier molecular flexibility index (Phi) is 6.41. The van der Waals surface area contributed by atoms with E-state index in [0.29, 0.717) is 6.61 Å². The van der Waals surface area contributed by atoms with Gasteiger partial charge in [-0.25, -0.2) is 0 Å². The van der Waals surface area contributed by atoms with Gasteiger partial charge in [0.2, 0.25) is 0 Å². The number of hydrazine groups is 1. The molecule has 2 atom stereocenters. The van der Waals surface area contributed by atoms with Crippen LogP contribution in [0.1, 0.15) is 46.5 Å². The zero-order valence-corrected chi connectivity index (χ0v) is 11.7. The predicted octanol–water partition coefficient (Wildman–Crippen LogP) is 1.51. The van der Waals surface area contributed by atoms with Gasteiger partial charge < -0.3 is 4.74 Å². The number of hydrogen-bond acceptors (Lipinski definition) is 4. The minimum atomic E-state index is 0.110. The van der Waals surface area contributed by atoms with E-state index in [1.165, 1.54) is 25.9 Å². The molecule has 2 unspecified atom stereocenters. The van der Waals surface area contributed by atoms with Gasteiger partial charge in [-0.3, -0.25) is 16.2 Å². The molecule has 0 aromatic carbocycles. The molecule has 4 heteroatoms. The summed E-state index contributed by atoms with van der Waals surface area (Å²) in [4.78, 5) is 2.56. The summed E-state index contributed by atoms with van der Waals surface area (Å²) in [6.45, 7) is 10.6. The Morgan fingerprint density at radius 2 is 2.00 bits per heavy atom. The van der Waals surface area contributed by atoms with Crippen LogP contribution in [0.3, 0.4) is 0 Å². The van der Waals surface area contributed by atoms with Crippen LogP contribution in [-0.4, -0.2) is 42.8 Å². The Hall–Kier alpha value is -0.160. The largest absolute Gasteiger partial charge is 0.380 e. The standard InChI is InChI=1S/C13H29N3O/c1-4-10-17-11-12(15-14)13(3,5-2)16-8-6-7-9-16/h12,15H,4-11,14H2,1-3H3. The summed E-state index contributed by atoms with van der Waals surface area (Å²) in [5, 5.41) is 0. The third kappa shape index (κ3) is 3.65. The van der Waals surface area contributed by atoms with Gasteiger partial charge in [0.15, 0.2) is 0 Å². The smallest absolute Gasteiger partial charge is 0.0651 e. The summed E-state index contributed by atoms with van der Waals surface area (Å²) in [5.41, 5.74) is 3.07. The molecular formula is C13H29N3O. The van der Waals surface area contributed by atoms with Gasteiger partial charge in [0.25, 0.3) is 0 Å². The fourth-order valence-corrected chi connectivity index (χ4v) is 2.67. The number of nitrogens with zero attached hydrogens (tertiary/aromatic N) is 1. The molecule has 1 fully saturated rings. The molecule has 102 valence electrons. The number of hydrogen-bond donors (Lipinski definition) is 2. The fourth-order valence-electron chi connectivity index (χ4n) is 2.67. The monoisotopic (exact) mass is 243 g/mol. The van der Waals surface area contributed by atoms with Gasteiger partial charge in [-0.05, 0) is 45.7 Å². The fraction of sp³-hybridized carbons (Fsp3) is 1.00. The molecule has 4 nitrogen and oxygen atoms in total. The second kappa shape index (κ2) is 7.31. The second-order valence-corrected chi connectivity index (χ2v) is 5.20. The first kappa shape index (κ1) is 14.9. The maximum atomic E-state index is 5.73. The molecule has 1 heterocycles. The van der Waals surface area contributed by atoms with Crippen LogP contribution in [0.2, 0.25) is 0 Å². The Morgan fingerprint density at radius 3 is 2.47 bits per heavy atom. The normalized spacial score (nSPS) is 22.6. The summed E-state index contributed by atoms with van der Waals surface area (Å²) in [7, 11) is 0. The molecule has 1 saturated heterocycles. The van der Waals surface area contributed by atoms with Crippen LogP contribution in [0, 0.1) is 0 Å². The van der Waals surface area contributed by atoms with E-state index in [9.17, 15) is 0 Å². The summed E-state index contributed by atoms with van der Waals surface area (Å²) in [5.74, 6) is 5.73. The highest BCUT2D eigenvalue weighted by molar-refractivity contribution is 4.97. The van der Waals surface area contributed by atoms with Crippen LogP contribution in [-0.2, 0) is 4.74 Å². The third-order valence-corrected chi connectivity index (χ3v) is 4.13. The second-order valence-electron chi connectivity index (χ2n) is 5.20. The zero-order valence-electron chi connectivity index (χ0n) is 11.7.